The summed E-state index contributed by atoms with van der Waals surface area (Å²) in [4.78, 5) is 28.4. The van der Waals surface area contributed by atoms with Crippen molar-refractivity contribution in [3.63, 3.8) is 0 Å². The molecule has 0 unspecified atom stereocenters. The number of benzene rings is 1. The second kappa shape index (κ2) is 6.99. The molecule has 3 aromatic rings. The van der Waals surface area contributed by atoms with E-state index in [4.69, 9.17) is 4.74 Å². The first-order valence-corrected chi connectivity index (χ1v) is 8.33. The molecule has 0 bridgehead atoms. The van der Waals surface area contributed by atoms with Crippen molar-refractivity contribution in [2.75, 3.05) is 20.3 Å². The Bertz CT molecular complexity index is 947. The van der Waals surface area contributed by atoms with Crippen LogP contribution < -0.4 is 5.32 Å². The zero-order valence-corrected chi connectivity index (χ0v) is 14.5. The van der Waals surface area contributed by atoms with E-state index in [0.717, 1.165) is 5.69 Å². The Labute approximate surface area is 147 Å². The molecule has 25 heavy (non-hydrogen) atoms. The fraction of sp³-hybridized carbons (Fsp3) is 0.250. The van der Waals surface area contributed by atoms with Crippen LogP contribution in [0.5, 0.6) is 0 Å². The maximum Gasteiger partial charge on any atom is 0.270 e. The lowest BCUT2D eigenvalue weighted by Crippen LogP contribution is -2.26. The summed E-state index contributed by atoms with van der Waals surface area (Å²) in [6.07, 6.45) is 1.78. The molecule has 0 fully saturated rings. The Balaban J connectivity index is 1.91. The van der Waals surface area contributed by atoms with Crippen LogP contribution in [-0.2, 0) is 4.74 Å². The van der Waals surface area contributed by atoms with Crippen molar-refractivity contribution in [1.29, 1.82) is 0 Å². The molecule has 0 saturated heterocycles. The van der Waals surface area contributed by atoms with Crippen molar-refractivity contribution in [2.24, 2.45) is 0 Å². The minimum atomic E-state index is -0.435. The molecule has 0 aliphatic rings. The fourth-order valence-electron chi connectivity index (χ4n) is 2.43. The van der Waals surface area contributed by atoms with Crippen molar-refractivity contribution >= 4 is 27.9 Å². The number of thiazole rings is 1. The first kappa shape index (κ1) is 17.1. The molecule has 1 N–H and O–H groups in total. The summed E-state index contributed by atoms with van der Waals surface area (Å²) in [6.45, 7) is 2.73. The number of aryl methyl sites for hydroxylation is 1. The van der Waals surface area contributed by atoms with Crippen LogP contribution in [0.4, 0.5) is 5.69 Å². The Morgan fingerprint density at radius 3 is 2.96 bits per heavy atom. The van der Waals surface area contributed by atoms with Crippen LogP contribution in [0.2, 0.25) is 0 Å². The molecular weight excluding hydrogens is 344 g/mol. The molecule has 0 aliphatic heterocycles. The SMILES string of the molecule is COCCNC(=O)c1sc2nc(-c3cccc([N+](=O)[O-])c3)cn2c1C. The number of rotatable bonds is 6. The van der Waals surface area contributed by atoms with Gasteiger partial charge < -0.3 is 10.1 Å². The molecule has 1 amide bonds. The molecule has 3 rings (SSSR count). The van der Waals surface area contributed by atoms with Gasteiger partial charge in [-0.1, -0.05) is 23.5 Å². The summed E-state index contributed by atoms with van der Waals surface area (Å²) in [5, 5.41) is 13.7. The monoisotopic (exact) mass is 360 g/mol. The van der Waals surface area contributed by atoms with Crippen LogP contribution in [0.25, 0.3) is 16.2 Å². The van der Waals surface area contributed by atoms with Gasteiger partial charge >= 0.3 is 0 Å². The van der Waals surface area contributed by atoms with Gasteiger partial charge in [0.25, 0.3) is 11.6 Å². The molecule has 2 heterocycles. The number of aromatic nitrogens is 2. The summed E-state index contributed by atoms with van der Waals surface area (Å²) in [7, 11) is 1.58. The number of carbonyl (C=O) groups is 1. The number of hydrogen-bond donors (Lipinski definition) is 1. The van der Waals surface area contributed by atoms with E-state index >= 15 is 0 Å². The van der Waals surface area contributed by atoms with E-state index in [1.165, 1.54) is 23.5 Å². The second-order valence-electron chi connectivity index (χ2n) is 5.35. The lowest BCUT2D eigenvalue weighted by molar-refractivity contribution is -0.384. The first-order valence-electron chi connectivity index (χ1n) is 7.51. The molecule has 0 aliphatic carbocycles. The fourth-order valence-corrected chi connectivity index (χ4v) is 3.45. The number of hydrogen-bond acceptors (Lipinski definition) is 6. The third kappa shape index (κ3) is 3.37. The maximum absolute atomic E-state index is 12.2. The third-order valence-electron chi connectivity index (χ3n) is 3.71. The van der Waals surface area contributed by atoms with E-state index in [2.05, 4.69) is 10.3 Å². The zero-order chi connectivity index (χ0) is 18.0. The summed E-state index contributed by atoms with van der Waals surface area (Å²) < 4.78 is 6.74. The molecule has 2 aromatic heterocycles. The van der Waals surface area contributed by atoms with Gasteiger partial charge in [-0.3, -0.25) is 19.3 Å². The van der Waals surface area contributed by atoms with Crippen molar-refractivity contribution in [1.82, 2.24) is 14.7 Å². The molecule has 0 spiro atoms. The Kier molecular flexibility index (Phi) is 4.77. The maximum atomic E-state index is 12.2. The zero-order valence-electron chi connectivity index (χ0n) is 13.7. The predicted octanol–water partition coefficient (Wildman–Crippen LogP) is 2.66. The molecule has 0 radical (unpaired) electrons. The second-order valence-corrected chi connectivity index (χ2v) is 6.33. The minimum Gasteiger partial charge on any atom is -0.383 e. The van der Waals surface area contributed by atoms with Crippen molar-refractivity contribution in [2.45, 2.75) is 6.92 Å². The molecule has 8 nitrogen and oxygen atoms in total. The van der Waals surface area contributed by atoms with Gasteiger partial charge in [0.15, 0.2) is 4.96 Å². The number of nitro groups is 1. The third-order valence-corrected chi connectivity index (χ3v) is 4.86. The van der Waals surface area contributed by atoms with Gasteiger partial charge in [-0.15, -0.1) is 0 Å². The highest BCUT2D eigenvalue weighted by molar-refractivity contribution is 7.19. The van der Waals surface area contributed by atoms with Crippen LogP contribution in [0, 0.1) is 17.0 Å². The highest BCUT2D eigenvalue weighted by Crippen LogP contribution is 2.28. The average molecular weight is 360 g/mol. The smallest absolute Gasteiger partial charge is 0.270 e. The number of nitrogens with one attached hydrogen (secondary N) is 1. The number of carbonyl (C=O) groups excluding carboxylic acids is 1. The molecule has 0 atom stereocenters. The van der Waals surface area contributed by atoms with Crippen molar-refractivity contribution in [3.05, 3.63) is 51.1 Å². The summed E-state index contributed by atoms with van der Waals surface area (Å²) in [6, 6.07) is 6.32. The van der Waals surface area contributed by atoms with E-state index in [1.807, 2.05) is 11.3 Å². The van der Waals surface area contributed by atoms with Gasteiger partial charge in [-0.25, -0.2) is 4.98 Å². The van der Waals surface area contributed by atoms with Crippen molar-refractivity contribution < 1.29 is 14.5 Å². The largest absolute Gasteiger partial charge is 0.383 e. The standard InChI is InChI=1S/C16H16N4O4S/c1-10-14(15(21)17-6-7-24-2)25-16-18-13(9-19(10)16)11-4-3-5-12(8-11)20(22)23/h3-5,8-9H,6-7H2,1-2H3,(H,17,21). The molecule has 1 aromatic carbocycles. The topological polar surface area (TPSA) is 98.8 Å². The Morgan fingerprint density at radius 2 is 2.28 bits per heavy atom. The number of imidazole rings is 1. The van der Waals surface area contributed by atoms with E-state index in [0.29, 0.717) is 34.2 Å². The molecule has 0 saturated carbocycles. The van der Waals surface area contributed by atoms with Gasteiger partial charge in [0.1, 0.15) is 4.88 Å². The van der Waals surface area contributed by atoms with Crippen molar-refractivity contribution in [3.8, 4) is 11.3 Å². The lowest BCUT2D eigenvalue weighted by atomic mass is 10.1. The molecule has 130 valence electrons. The normalized spacial score (nSPS) is 11.0. The molecule has 9 heteroatoms. The number of methoxy groups -OCH3 is 1. The Hall–Kier alpha value is -2.78. The van der Waals surface area contributed by atoms with Gasteiger partial charge in [0.05, 0.1) is 17.2 Å². The van der Waals surface area contributed by atoms with Crippen LogP contribution in [0.3, 0.4) is 0 Å². The Morgan fingerprint density at radius 1 is 1.48 bits per heavy atom. The first-order chi connectivity index (χ1) is 12.0. The number of fused-ring (bicyclic) bond motifs is 1. The number of amides is 1. The average Bonchev–Trinajstić information content (AvgIpc) is 3.15. The summed E-state index contributed by atoms with van der Waals surface area (Å²) in [5.74, 6) is -0.165. The van der Waals surface area contributed by atoms with Crippen LogP contribution in [-0.4, -0.2) is 40.5 Å². The van der Waals surface area contributed by atoms with Crippen LogP contribution in [0.1, 0.15) is 15.4 Å². The highest BCUT2D eigenvalue weighted by Gasteiger charge is 2.18. The quantitative estimate of drug-likeness (QED) is 0.414. The van der Waals surface area contributed by atoms with Gasteiger partial charge in [0, 0.05) is 43.2 Å². The van der Waals surface area contributed by atoms with E-state index < -0.39 is 4.92 Å². The number of nitrogens with zero attached hydrogens (tertiary/aromatic N) is 3. The minimum absolute atomic E-state index is 0.0174. The van der Waals surface area contributed by atoms with Gasteiger partial charge in [0.2, 0.25) is 0 Å². The summed E-state index contributed by atoms with van der Waals surface area (Å²) >= 11 is 1.28. The van der Waals surface area contributed by atoms with Gasteiger partial charge in [-0.2, -0.15) is 0 Å². The van der Waals surface area contributed by atoms with E-state index in [1.54, 1.807) is 25.4 Å². The number of ether oxygens (including phenoxy) is 1. The lowest BCUT2D eigenvalue weighted by Gasteiger charge is -2.03. The van der Waals surface area contributed by atoms with E-state index in [9.17, 15) is 14.9 Å². The van der Waals surface area contributed by atoms with Gasteiger partial charge in [-0.05, 0) is 6.92 Å². The predicted molar refractivity (Wildman–Crippen MR) is 94.1 cm³/mol. The summed E-state index contributed by atoms with van der Waals surface area (Å²) in [5.41, 5.74) is 2.09. The highest BCUT2D eigenvalue weighted by atomic mass is 32.1. The van der Waals surface area contributed by atoms with Crippen LogP contribution in [0.15, 0.2) is 30.5 Å². The van der Waals surface area contributed by atoms with Crippen LogP contribution >= 0.6 is 11.3 Å². The number of nitro benzene ring substituents is 1. The van der Waals surface area contributed by atoms with E-state index in [-0.39, 0.29) is 11.6 Å². The number of non-ortho nitro benzene ring substituents is 1. The molecular formula is C16H16N4O4S.